The van der Waals surface area contributed by atoms with Gasteiger partial charge in [-0.1, -0.05) is 0 Å². The number of aromatic nitrogens is 2. The summed E-state index contributed by atoms with van der Waals surface area (Å²) in [6.45, 7) is 5.24. The third-order valence-corrected chi connectivity index (χ3v) is 5.46. The summed E-state index contributed by atoms with van der Waals surface area (Å²) in [5.41, 5.74) is 0.927. The van der Waals surface area contributed by atoms with Crippen LogP contribution in [0.4, 0.5) is 5.82 Å². The first kappa shape index (κ1) is 15.8. The van der Waals surface area contributed by atoms with E-state index in [1.165, 1.54) is 12.8 Å². The van der Waals surface area contributed by atoms with Gasteiger partial charge >= 0.3 is 0 Å². The van der Waals surface area contributed by atoms with Gasteiger partial charge in [-0.05, 0) is 56.6 Å². The number of aryl methyl sites for hydroxylation is 1. The fourth-order valence-corrected chi connectivity index (χ4v) is 3.61. The van der Waals surface area contributed by atoms with Crippen LogP contribution in [0.3, 0.4) is 0 Å². The van der Waals surface area contributed by atoms with E-state index in [4.69, 9.17) is 4.74 Å². The summed E-state index contributed by atoms with van der Waals surface area (Å²) in [5, 5.41) is 11.4. The molecule has 1 unspecified atom stereocenters. The van der Waals surface area contributed by atoms with Crippen LogP contribution in [0.1, 0.15) is 37.8 Å². The predicted octanol–water partition coefficient (Wildman–Crippen LogP) is 1.69. The molecule has 1 aromatic rings. The van der Waals surface area contributed by atoms with Gasteiger partial charge in [-0.25, -0.2) is 0 Å². The second-order valence-electron chi connectivity index (χ2n) is 7.74. The van der Waals surface area contributed by atoms with Gasteiger partial charge in [-0.15, -0.1) is 5.10 Å². The van der Waals surface area contributed by atoms with Gasteiger partial charge in [0.1, 0.15) is 5.60 Å². The van der Waals surface area contributed by atoms with Gasteiger partial charge in [0, 0.05) is 13.0 Å². The van der Waals surface area contributed by atoms with Crippen molar-refractivity contribution in [3.63, 3.8) is 0 Å². The van der Waals surface area contributed by atoms with Gasteiger partial charge in [-0.2, -0.15) is 5.10 Å². The zero-order valence-corrected chi connectivity index (χ0v) is 14.3. The minimum absolute atomic E-state index is 0.0128. The van der Waals surface area contributed by atoms with Crippen LogP contribution >= 0.6 is 0 Å². The van der Waals surface area contributed by atoms with E-state index >= 15 is 0 Å². The second-order valence-corrected chi connectivity index (χ2v) is 7.74. The third kappa shape index (κ3) is 3.53. The molecule has 130 valence electrons. The van der Waals surface area contributed by atoms with Crippen molar-refractivity contribution in [2.45, 2.75) is 44.6 Å². The Balaban J connectivity index is 1.19. The quantitative estimate of drug-likeness (QED) is 0.890. The van der Waals surface area contributed by atoms with Crippen LogP contribution in [0.5, 0.6) is 0 Å². The normalized spacial score (nSPS) is 25.4. The molecule has 6 heteroatoms. The first-order chi connectivity index (χ1) is 11.6. The van der Waals surface area contributed by atoms with Gasteiger partial charge in [0.25, 0.3) is 0 Å². The minimum atomic E-state index is -0.0128. The summed E-state index contributed by atoms with van der Waals surface area (Å²) < 4.78 is 6.17. The number of hydrogen-bond acceptors (Lipinski definition) is 5. The summed E-state index contributed by atoms with van der Waals surface area (Å²) in [7, 11) is 0. The van der Waals surface area contributed by atoms with Crippen molar-refractivity contribution >= 4 is 11.7 Å². The van der Waals surface area contributed by atoms with E-state index in [-0.39, 0.29) is 11.5 Å². The lowest BCUT2D eigenvalue weighted by Crippen LogP contribution is -2.65. The van der Waals surface area contributed by atoms with Crippen LogP contribution in [0.2, 0.25) is 0 Å². The summed E-state index contributed by atoms with van der Waals surface area (Å²) in [6, 6.07) is 4.02. The maximum atomic E-state index is 11.8. The molecule has 1 spiro atoms. The molecule has 3 aliphatic rings. The molecular formula is C18H26N4O2. The van der Waals surface area contributed by atoms with Gasteiger partial charge < -0.3 is 15.0 Å². The number of rotatable bonds is 5. The molecule has 24 heavy (non-hydrogen) atoms. The number of anilines is 1. The van der Waals surface area contributed by atoms with Crippen LogP contribution in [0.25, 0.3) is 0 Å². The average Bonchev–Trinajstić information content (AvgIpc) is 3.36. The molecule has 2 aliphatic heterocycles. The van der Waals surface area contributed by atoms with E-state index < -0.39 is 0 Å². The molecule has 1 aliphatic carbocycles. The molecule has 0 aromatic carbocycles. The second kappa shape index (κ2) is 6.31. The molecule has 3 heterocycles. The van der Waals surface area contributed by atoms with E-state index in [0.717, 1.165) is 50.6 Å². The lowest BCUT2D eigenvalue weighted by atomic mass is 9.83. The Hall–Kier alpha value is -1.69. The molecular weight excluding hydrogens is 304 g/mol. The highest BCUT2D eigenvalue weighted by Crippen LogP contribution is 2.37. The Morgan fingerprint density at radius 3 is 2.75 bits per heavy atom. The van der Waals surface area contributed by atoms with Crippen LogP contribution in [0.15, 0.2) is 12.1 Å². The van der Waals surface area contributed by atoms with Crippen molar-refractivity contribution in [1.82, 2.24) is 15.5 Å². The van der Waals surface area contributed by atoms with Crippen molar-refractivity contribution < 1.29 is 9.53 Å². The molecule has 0 radical (unpaired) electrons. The van der Waals surface area contributed by atoms with E-state index in [1.807, 2.05) is 19.1 Å². The fourth-order valence-electron chi connectivity index (χ4n) is 3.61. The highest BCUT2D eigenvalue weighted by atomic mass is 16.5. The molecule has 1 N–H and O–H groups in total. The van der Waals surface area contributed by atoms with E-state index in [9.17, 15) is 4.79 Å². The zero-order valence-electron chi connectivity index (χ0n) is 14.3. The minimum Gasteiger partial charge on any atom is -0.371 e. The SMILES string of the molecule is Cc1ccc(N2CC3(CCC(CNC(=O)CC4CC4)CO3)C2)nn1. The molecule has 1 aromatic heterocycles. The lowest BCUT2D eigenvalue weighted by Gasteiger charge is -2.53. The summed E-state index contributed by atoms with van der Waals surface area (Å²) >= 11 is 0. The zero-order chi connectivity index (χ0) is 16.6. The van der Waals surface area contributed by atoms with Gasteiger partial charge in [0.2, 0.25) is 5.91 Å². The lowest BCUT2D eigenvalue weighted by molar-refractivity contribution is -0.125. The number of amides is 1. The standard InChI is InChI=1S/C18H26N4O2/c1-13-2-5-16(21-20-13)22-11-18(12-22)7-6-15(10-24-18)9-19-17(23)8-14-3-4-14/h2,5,14-15H,3-4,6-12H2,1H3,(H,19,23). The van der Waals surface area contributed by atoms with Crippen LogP contribution < -0.4 is 10.2 Å². The maximum Gasteiger partial charge on any atom is 0.220 e. The first-order valence-electron chi connectivity index (χ1n) is 9.08. The number of carbonyl (C=O) groups excluding carboxylic acids is 1. The third-order valence-electron chi connectivity index (χ3n) is 5.46. The number of nitrogens with zero attached hydrogens (tertiary/aromatic N) is 3. The number of hydrogen-bond donors (Lipinski definition) is 1. The Bertz CT molecular complexity index is 584. The van der Waals surface area contributed by atoms with Crippen molar-refractivity contribution in [2.75, 3.05) is 31.1 Å². The number of nitrogens with one attached hydrogen (secondary N) is 1. The molecule has 1 amide bonds. The van der Waals surface area contributed by atoms with E-state index in [2.05, 4.69) is 20.4 Å². The Morgan fingerprint density at radius 2 is 2.12 bits per heavy atom. The summed E-state index contributed by atoms with van der Waals surface area (Å²) in [6.07, 6.45) is 5.35. The maximum absolute atomic E-state index is 11.8. The topological polar surface area (TPSA) is 67.4 Å². The van der Waals surface area contributed by atoms with Crippen molar-refractivity contribution in [2.24, 2.45) is 11.8 Å². The van der Waals surface area contributed by atoms with Crippen molar-refractivity contribution in [3.05, 3.63) is 17.8 Å². The van der Waals surface area contributed by atoms with Crippen molar-refractivity contribution in [1.29, 1.82) is 0 Å². The fraction of sp³-hybridized carbons (Fsp3) is 0.722. The number of carbonyl (C=O) groups is 1. The number of ether oxygens (including phenoxy) is 1. The molecule has 0 bridgehead atoms. The largest absolute Gasteiger partial charge is 0.371 e. The molecule has 3 fully saturated rings. The highest BCUT2D eigenvalue weighted by Gasteiger charge is 2.47. The molecule has 1 saturated carbocycles. The van der Waals surface area contributed by atoms with Crippen molar-refractivity contribution in [3.8, 4) is 0 Å². The smallest absolute Gasteiger partial charge is 0.220 e. The Labute approximate surface area is 143 Å². The van der Waals surface area contributed by atoms with Crippen LogP contribution in [0, 0.1) is 18.8 Å². The first-order valence-corrected chi connectivity index (χ1v) is 9.08. The van der Waals surface area contributed by atoms with Crippen LogP contribution in [-0.2, 0) is 9.53 Å². The van der Waals surface area contributed by atoms with Gasteiger partial charge in [0.05, 0.1) is 25.4 Å². The average molecular weight is 330 g/mol. The Kier molecular flexibility index (Phi) is 4.16. The monoisotopic (exact) mass is 330 g/mol. The summed E-state index contributed by atoms with van der Waals surface area (Å²) in [4.78, 5) is 14.0. The molecule has 2 saturated heterocycles. The highest BCUT2D eigenvalue weighted by molar-refractivity contribution is 5.76. The van der Waals surface area contributed by atoms with Gasteiger partial charge in [0.15, 0.2) is 5.82 Å². The predicted molar refractivity (Wildman–Crippen MR) is 90.7 cm³/mol. The molecule has 4 rings (SSSR count). The Morgan fingerprint density at radius 1 is 1.29 bits per heavy atom. The van der Waals surface area contributed by atoms with E-state index in [0.29, 0.717) is 18.3 Å². The van der Waals surface area contributed by atoms with E-state index in [1.54, 1.807) is 0 Å². The van der Waals surface area contributed by atoms with Crippen LogP contribution in [-0.4, -0.2) is 47.9 Å². The molecule has 6 nitrogen and oxygen atoms in total. The summed E-state index contributed by atoms with van der Waals surface area (Å²) in [5.74, 6) is 2.25. The van der Waals surface area contributed by atoms with Gasteiger partial charge in [-0.3, -0.25) is 4.79 Å². The molecule has 1 atom stereocenters.